The molecule has 2 aliphatic rings. The molecule has 1 aromatic carbocycles. The highest BCUT2D eigenvalue weighted by Gasteiger charge is 2.53. The fourth-order valence-corrected chi connectivity index (χ4v) is 4.85. The highest BCUT2D eigenvalue weighted by molar-refractivity contribution is 8.01. The highest BCUT2D eigenvalue weighted by Crippen LogP contribution is 2.47. The monoisotopic (exact) mass is 422 g/mol. The fraction of sp³-hybridized carbons (Fsp3) is 0.550. The minimum absolute atomic E-state index is 0.0321. The zero-order chi connectivity index (χ0) is 20.9. The standard InChI is InChI=1S/C20H26N2O6S/c1-3-26-14-4-6-15(7-5-14)27-11-10-21-17(23)12-28-19(25)16-13-29-20(2)9-8-18(24)22(16)20/h4-7,16H,3,8-13H2,1-2H3,(H,21,23)/t16-,20+/m0/s1. The SMILES string of the molecule is CCOc1ccc(OCCNC(=O)COC(=O)[C@@H]2CS[C@]3(C)CCC(=O)N23)cc1. The summed E-state index contributed by atoms with van der Waals surface area (Å²) in [6.45, 7) is 4.68. The molecule has 2 fully saturated rings. The molecule has 0 aliphatic carbocycles. The predicted octanol–water partition coefficient (Wildman–Crippen LogP) is 1.58. The first-order chi connectivity index (χ1) is 13.9. The maximum Gasteiger partial charge on any atom is 0.330 e. The number of benzene rings is 1. The number of amides is 2. The van der Waals surface area contributed by atoms with E-state index in [2.05, 4.69) is 5.32 Å². The van der Waals surface area contributed by atoms with Gasteiger partial charge < -0.3 is 24.4 Å². The summed E-state index contributed by atoms with van der Waals surface area (Å²) in [5, 5.41) is 2.64. The van der Waals surface area contributed by atoms with E-state index in [0.717, 1.165) is 12.2 Å². The van der Waals surface area contributed by atoms with Crippen LogP contribution in [0.5, 0.6) is 11.5 Å². The number of ether oxygens (including phenoxy) is 3. The first-order valence-corrected chi connectivity index (χ1v) is 10.7. The molecule has 0 unspecified atom stereocenters. The number of carbonyl (C=O) groups is 3. The summed E-state index contributed by atoms with van der Waals surface area (Å²) < 4.78 is 16.0. The summed E-state index contributed by atoms with van der Waals surface area (Å²) in [6, 6.07) is 6.60. The number of carbonyl (C=O) groups excluding carboxylic acids is 3. The van der Waals surface area contributed by atoms with Gasteiger partial charge in [0.15, 0.2) is 6.61 Å². The number of thioether (sulfide) groups is 1. The lowest BCUT2D eigenvalue weighted by Crippen LogP contribution is -2.47. The summed E-state index contributed by atoms with van der Waals surface area (Å²) in [5.41, 5.74) is 0. The van der Waals surface area contributed by atoms with Crippen molar-refractivity contribution in [3.05, 3.63) is 24.3 Å². The third-order valence-corrected chi connectivity index (χ3v) is 6.40. The van der Waals surface area contributed by atoms with Crippen LogP contribution in [0.4, 0.5) is 0 Å². The van der Waals surface area contributed by atoms with Crippen LogP contribution in [0.1, 0.15) is 26.7 Å². The highest BCUT2D eigenvalue weighted by atomic mass is 32.2. The molecule has 3 rings (SSSR count). The van der Waals surface area contributed by atoms with E-state index >= 15 is 0 Å². The lowest BCUT2D eigenvalue weighted by molar-refractivity contribution is -0.156. The molecular formula is C20H26N2O6S. The summed E-state index contributed by atoms with van der Waals surface area (Å²) in [5.74, 6) is 0.971. The summed E-state index contributed by atoms with van der Waals surface area (Å²) >= 11 is 1.59. The topological polar surface area (TPSA) is 94.2 Å². The average Bonchev–Trinajstić information content (AvgIpc) is 3.20. The van der Waals surface area contributed by atoms with Gasteiger partial charge in [0.1, 0.15) is 24.1 Å². The second kappa shape index (κ2) is 9.39. The molecule has 0 spiro atoms. The van der Waals surface area contributed by atoms with Crippen molar-refractivity contribution in [2.45, 2.75) is 37.6 Å². The van der Waals surface area contributed by atoms with E-state index in [-0.39, 0.29) is 30.5 Å². The Labute approximate surface area is 174 Å². The van der Waals surface area contributed by atoms with E-state index in [1.165, 1.54) is 0 Å². The number of nitrogens with one attached hydrogen (secondary N) is 1. The maximum atomic E-state index is 12.3. The second-order valence-corrected chi connectivity index (χ2v) is 8.48. The largest absolute Gasteiger partial charge is 0.494 e. The normalized spacial score (nSPS) is 22.9. The Bertz CT molecular complexity index is 756. The molecule has 8 nitrogen and oxygen atoms in total. The van der Waals surface area contributed by atoms with E-state index in [1.54, 1.807) is 28.8 Å². The molecule has 0 saturated carbocycles. The third kappa shape index (κ3) is 5.14. The van der Waals surface area contributed by atoms with Gasteiger partial charge in [-0.1, -0.05) is 0 Å². The Morgan fingerprint density at radius 2 is 1.93 bits per heavy atom. The Balaban J connectivity index is 1.34. The molecular weight excluding hydrogens is 396 g/mol. The van der Waals surface area contributed by atoms with Crippen LogP contribution in [0.3, 0.4) is 0 Å². The van der Waals surface area contributed by atoms with Crippen molar-refractivity contribution >= 4 is 29.5 Å². The third-order valence-electron chi connectivity index (χ3n) is 4.89. The van der Waals surface area contributed by atoms with Crippen molar-refractivity contribution in [3.8, 4) is 11.5 Å². The summed E-state index contributed by atoms with van der Waals surface area (Å²) in [6.07, 6.45) is 1.18. The zero-order valence-electron chi connectivity index (χ0n) is 16.6. The van der Waals surface area contributed by atoms with E-state index in [4.69, 9.17) is 14.2 Å². The van der Waals surface area contributed by atoms with E-state index in [1.807, 2.05) is 26.0 Å². The van der Waals surface area contributed by atoms with Gasteiger partial charge in [-0.2, -0.15) is 0 Å². The van der Waals surface area contributed by atoms with Gasteiger partial charge in [-0.15, -0.1) is 11.8 Å². The molecule has 2 atom stereocenters. The van der Waals surface area contributed by atoms with Gasteiger partial charge in [0.2, 0.25) is 5.91 Å². The molecule has 1 aromatic rings. The van der Waals surface area contributed by atoms with Crippen LogP contribution < -0.4 is 14.8 Å². The van der Waals surface area contributed by atoms with Crippen molar-refractivity contribution in [2.75, 3.05) is 32.1 Å². The van der Waals surface area contributed by atoms with Gasteiger partial charge in [-0.25, -0.2) is 4.79 Å². The van der Waals surface area contributed by atoms with Crippen molar-refractivity contribution in [3.63, 3.8) is 0 Å². The minimum Gasteiger partial charge on any atom is -0.494 e. The Kier molecular flexibility index (Phi) is 6.89. The summed E-state index contributed by atoms with van der Waals surface area (Å²) in [7, 11) is 0. The predicted molar refractivity (Wildman–Crippen MR) is 108 cm³/mol. The number of rotatable bonds is 9. The number of hydrogen-bond acceptors (Lipinski definition) is 7. The van der Waals surface area contributed by atoms with Gasteiger partial charge in [-0.3, -0.25) is 9.59 Å². The molecule has 29 heavy (non-hydrogen) atoms. The first-order valence-electron chi connectivity index (χ1n) is 9.68. The van der Waals surface area contributed by atoms with E-state index in [0.29, 0.717) is 24.5 Å². The number of hydrogen-bond donors (Lipinski definition) is 1. The number of fused-ring (bicyclic) bond motifs is 1. The van der Waals surface area contributed by atoms with Crippen LogP contribution in [-0.4, -0.2) is 65.7 Å². The average molecular weight is 423 g/mol. The van der Waals surface area contributed by atoms with Gasteiger partial charge in [0.25, 0.3) is 5.91 Å². The molecule has 0 radical (unpaired) electrons. The smallest absolute Gasteiger partial charge is 0.330 e. The molecule has 0 bridgehead atoms. The molecule has 2 amide bonds. The van der Waals surface area contributed by atoms with Crippen molar-refractivity contribution in [1.29, 1.82) is 0 Å². The lowest BCUT2D eigenvalue weighted by Gasteiger charge is -2.29. The minimum atomic E-state index is -0.615. The molecule has 158 valence electrons. The second-order valence-electron chi connectivity index (χ2n) is 6.98. The molecule has 2 saturated heterocycles. The summed E-state index contributed by atoms with van der Waals surface area (Å²) in [4.78, 5) is 37.6. The number of nitrogens with zero attached hydrogens (tertiary/aromatic N) is 1. The van der Waals surface area contributed by atoms with Crippen LogP contribution in [0.25, 0.3) is 0 Å². The quantitative estimate of drug-likeness (QED) is 0.477. The van der Waals surface area contributed by atoms with E-state index in [9.17, 15) is 14.4 Å². The molecule has 1 N–H and O–H groups in total. The van der Waals surface area contributed by atoms with Gasteiger partial charge in [0, 0.05) is 12.2 Å². The van der Waals surface area contributed by atoms with Gasteiger partial charge in [0.05, 0.1) is 18.0 Å². The Hall–Kier alpha value is -2.42. The van der Waals surface area contributed by atoms with E-state index < -0.39 is 17.9 Å². The molecule has 9 heteroatoms. The maximum absolute atomic E-state index is 12.3. The number of esters is 1. The van der Waals surface area contributed by atoms with Crippen LogP contribution in [-0.2, 0) is 19.1 Å². The first kappa shape index (κ1) is 21.3. The van der Waals surface area contributed by atoms with Crippen LogP contribution in [0, 0.1) is 0 Å². The van der Waals surface area contributed by atoms with Crippen molar-refractivity contribution in [1.82, 2.24) is 10.2 Å². The molecule has 2 heterocycles. The zero-order valence-corrected chi connectivity index (χ0v) is 17.5. The Morgan fingerprint density at radius 1 is 1.24 bits per heavy atom. The Morgan fingerprint density at radius 3 is 2.62 bits per heavy atom. The van der Waals surface area contributed by atoms with Crippen LogP contribution in [0.2, 0.25) is 0 Å². The van der Waals surface area contributed by atoms with Crippen molar-refractivity contribution < 1.29 is 28.6 Å². The fourth-order valence-electron chi connectivity index (χ4n) is 3.44. The van der Waals surface area contributed by atoms with Crippen molar-refractivity contribution in [2.24, 2.45) is 0 Å². The molecule has 2 aliphatic heterocycles. The molecule has 0 aromatic heterocycles. The van der Waals surface area contributed by atoms with Gasteiger partial charge >= 0.3 is 5.97 Å². The van der Waals surface area contributed by atoms with Crippen LogP contribution in [0.15, 0.2) is 24.3 Å². The van der Waals surface area contributed by atoms with Crippen LogP contribution >= 0.6 is 11.8 Å². The van der Waals surface area contributed by atoms with Gasteiger partial charge in [-0.05, 0) is 44.5 Å². The lowest BCUT2D eigenvalue weighted by atomic mass is 10.2.